The Morgan fingerprint density at radius 3 is 0.286 bits per heavy atom. The van der Waals surface area contributed by atoms with Crippen LogP contribution in [0, 0.1) is 0 Å². The monoisotopic (exact) mass is 548 g/mol. The van der Waals surface area contributed by atoms with Crippen molar-refractivity contribution in [2.75, 3.05) is 0 Å². The molecule has 0 radical (unpaired) electrons. The van der Waals surface area contributed by atoms with Crippen LogP contribution < -0.4 is 0 Å². The van der Waals surface area contributed by atoms with Gasteiger partial charge in [-0.3, -0.25) is 0 Å². The van der Waals surface area contributed by atoms with Crippen LogP contribution in [0.25, 0.3) is 0 Å². The highest BCUT2D eigenvalue weighted by Crippen LogP contribution is 2.53. The molecule has 0 aromatic heterocycles. The molecule has 0 atom stereocenters. The van der Waals surface area contributed by atoms with Crippen molar-refractivity contribution < 1.29 is 0 Å². The fourth-order valence-corrected chi connectivity index (χ4v) is 2.00. The smallest absolute Gasteiger partial charge is 0.0682 e. The van der Waals surface area contributed by atoms with Crippen LogP contribution in [0.1, 0.15) is 111 Å². The fourth-order valence-electron chi connectivity index (χ4n) is 0.222. The van der Waals surface area contributed by atoms with Gasteiger partial charge in [0.15, 0.2) is 0 Å². The number of rotatable bonds is 0. The van der Waals surface area contributed by atoms with Gasteiger partial charge in [-0.05, 0) is 27.7 Å². The molecule has 0 nitrogen and oxygen atoms in total. The van der Waals surface area contributed by atoms with Crippen molar-refractivity contribution in [3.8, 4) is 0 Å². The van der Waals surface area contributed by atoms with Gasteiger partial charge in [0.2, 0.25) is 0 Å². The Morgan fingerprint density at radius 2 is 0.286 bits per heavy atom. The van der Waals surface area contributed by atoms with E-state index in [1.165, 1.54) is 0 Å². The van der Waals surface area contributed by atoms with Gasteiger partial charge >= 0.3 is 0 Å². The lowest BCUT2D eigenvalue weighted by atomic mass is 11.0. The molecule has 28 heavy (non-hydrogen) atoms. The van der Waals surface area contributed by atoms with E-state index in [4.69, 9.17) is 0 Å². The first-order chi connectivity index (χ1) is 13.6. The molecule has 0 saturated carbocycles. The summed E-state index contributed by atoms with van der Waals surface area (Å²) in [6.45, 7) is 32.8. The van der Waals surface area contributed by atoms with E-state index < -0.39 is 0 Å². The van der Waals surface area contributed by atoms with Crippen molar-refractivity contribution in [1.82, 2.24) is 0 Å². The molecule has 8 heteroatoms. The van der Waals surface area contributed by atoms with Crippen molar-refractivity contribution in [3.05, 3.63) is 0 Å². The maximum atomic E-state index is 2.20. The summed E-state index contributed by atoms with van der Waals surface area (Å²) < 4.78 is 3.67. The summed E-state index contributed by atoms with van der Waals surface area (Å²) in [5.41, 5.74) is 0. The fraction of sp³-hybridized carbons (Fsp3) is 1.00. The third-order valence-electron chi connectivity index (χ3n) is 1.15. The van der Waals surface area contributed by atoms with Gasteiger partial charge in [0.05, 0.1) is 18.3 Å². The second-order valence-corrected chi connectivity index (χ2v) is 16.0. The van der Waals surface area contributed by atoms with Crippen LogP contribution in [0.5, 0.6) is 0 Å². The van der Waals surface area contributed by atoms with E-state index in [0.29, 0.717) is 0 Å². The highest BCUT2D eigenvalue weighted by Gasteiger charge is 2.16. The first-order valence-corrected chi connectivity index (χ1v) is 20.0. The molecular weight excluding hydrogens is 497 g/mol. The van der Waals surface area contributed by atoms with Crippen LogP contribution in [0.15, 0.2) is 0 Å². The Kier molecular flexibility index (Phi) is 75.5. The van der Waals surface area contributed by atoms with E-state index in [1.807, 2.05) is 169 Å². The molecule has 0 spiro atoms. The Labute approximate surface area is 213 Å². The van der Waals surface area contributed by atoms with Crippen LogP contribution >= 0.6 is 86.4 Å². The molecule has 0 amide bonds. The zero-order valence-corrected chi connectivity index (χ0v) is 28.1. The normalized spacial score (nSPS) is 16.3. The molecule has 0 aliphatic carbocycles. The van der Waals surface area contributed by atoms with Gasteiger partial charge in [-0.1, -0.05) is 169 Å². The molecule has 4 aliphatic rings. The van der Waals surface area contributed by atoms with Crippen molar-refractivity contribution in [1.29, 1.82) is 0 Å². The molecule has 4 aliphatic heterocycles. The average molecular weight is 549 g/mol. The molecule has 4 rings (SSSR count). The zero-order valence-electron chi connectivity index (χ0n) is 21.6. The van der Waals surface area contributed by atoms with Gasteiger partial charge in [0, 0.05) is 0 Å². The van der Waals surface area contributed by atoms with Crippen LogP contribution in [0.2, 0.25) is 0 Å². The molecule has 0 aromatic rings. The lowest BCUT2D eigenvalue weighted by Crippen LogP contribution is -1.47. The predicted octanol–water partition coefficient (Wildman–Crippen LogP) is 13.1. The van der Waals surface area contributed by atoms with E-state index in [1.54, 1.807) is 0 Å². The molecule has 4 saturated heterocycles. The number of hydrogen-bond acceptors (Lipinski definition) is 8. The van der Waals surface area contributed by atoms with Crippen LogP contribution in [0.3, 0.4) is 0 Å². The molecule has 180 valence electrons. The van der Waals surface area contributed by atoms with Crippen molar-refractivity contribution in [3.63, 3.8) is 0 Å². The van der Waals surface area contributed by atoms with Crippen LogP contribution in [0.4, 0.5) is 0 Å². The number of hydrogen-bond donors (Lipinski definition) is 0. The average Bonchev–Trinajstić information content (AvgIpc) is 3.56. The Hall–Kier alpha value is 2.80. The minimum Gasteiger partial charge on any atom is -0.0780 e. The standard InChI is InChI=1S/4C2H4S2.6C2H6/c4*1-2-3-4-2;6*1-2/h4*2H,1H3;6*1-2H3. The third-order valence-corrected chi connectivity index (χ3v) is 10.4. The maximum Gasteiger partial charge on any atom is 0.0682 e. The summed E-state index contributed by atoms with van der Waals surface area (Å²) >= 11 is 0. The van der Waals surface area contributed by atoms with Crippen LogP contribution in [-0.2, 0) is 0 Å². The first-order valence-electron chi connectivity index (χ1n) is 10.9. The van der Waals surface area contributed by atoms with Crippen molar-refractivity contribution >= 4 is 86.4 Å². The van der Waals surface area contributed by atoms with Crippen molar-refractivity contribution in [2.45, 2.75) is 129 Å². The molecule has 0 aromatic carbocycles. The lowest BCUT2D eigenvalue weighted by Gasteiger charge is -1.47. The van der Waals surface area contributed by atoms with Gasteiger partial charge in [0.25, 0.3) is 0 Å². The van der Waals surface area contributed by atoms with E-state index in [9.17, 15) is 0 Å². The van der Waals surface area contributed by atoms with Gasteiger partial charge < -0.3 is 0 Å². The third kappa shape index (κ3) is 102. The summed E-state index contributed by atoms with van der Waals surface area (Å²) in [5, 5.41) is 0. The maximum absolute atomic E-state index is 2.20. The molecule has 0 bridgehead atoms. The molecule has 4 fully saturated rings. The Morgan fingerprint density at radius 1 is 0.250 bits per heavy atom. The second-order valence-electron chi connectivity index (χ2n) is 3.04. The van der Waals surface area contributed by atoms with E-state index in [-0.39, 0.29) is 0 Å². The highest BCUT2D eigenvalue weighted by atomic mass is 33.2. The Balaban J connectivity index is -0.0000000494. The highest BCUT2D eigenvalue weighted by molar-refractivity contribution is 8.93. The summed E-state index contributed by atoms with van der Waals surface area (Å²) in [6.07, 6.45) is 0. The molecule has 0 N–H and O–H groups in total. The SMILES string of the molecule is CC.CC.CC.CC.CC.CC.CC1SS1.CC1SS1.CC1SS1.CC1SS1. The quantitative estimate of drug-likeness (QED) is 0.214. The molecule has 4 heterocycles. The van der Waals surface area contributed by atoms with E-state index >= 15 is 0 Å². The van der Waals surface area contributed by atoms with Crippen molar-refractivity contribution in [2.24, 2.45) is 0 Å². The van der Waals surface area contributed by atoms with Gasteiger partial charge in [-0.25, -0.2) is 0 Å². The first kappa shape index (κ1) is 44.5. The summed E-state index contributed by atoms with van der Waals surface area (Å²) in [7, 11) is 15.5. The lowest BCUT2D eigenvalue weighted by molar-refractivity contribution is 1.48. The van der Waals surface area contributed by atoms with E-state index in [0.717, 1.165) is 18.3 Å². The Bertz CT molecular complexity index is 141. The molecule has 0 unspecified atom stereocenters. The second kappa shape index (κ2) is 47.5. The largest absolute Gasteiger partial charge is 0.0780 e. The summed E-state index contributed by atoms with van der Waals surface area (Å²) in [4.78, 5) is 0. The predicted molar refractivity (Wildman–Crippen MR) is 167 cm³/mol. The molecular formula is C20H52S8. The minimum absolute atomic E-state index is 0.917. The summed E-state index contributed by atoms with van der Waals surface area (Å²) in [5.74, 6) is 0. The van der Waals surface area contributed by atoms with E-state index in [2.05, 4.69) is 27.7 Å². The van der Waals surface area contributed by atoms with Gasteiger partial charge in [-0.15, -0.1) is 0 Å². The minimum atomic E-state index is 0.917. The topological polar surface area (TPSA) is 0 Å². The summed E-state index contributed by atoms with van der Waals surface area (Å²) in [6, 6.07) is 0. The zero-order chi connectivity index (χ0) is 24.0. The van der Waals surface area contributed by atoms with Gasteiger partial charge in [0.1, 0.15) is 0 Å². The van der Waals surface area contributed by atoms with Gasteiger partial charge in [-0.2, -0.15) is 0 Å². The van der Waals surface area contributed by atoms with Crippen LogP contribution in [-0.4, -0.2) is 18.3 Å².